The number of ether oxygens (including phenoxy) is 2. The molecule has 0 radical (unpaired) electrons. The second-order valence-electron chi connectivity index (χ2n) is 7.63. The molecule has 3 N–H and O–H groups in total. The van der Waals surface area contributed by atoms with Crippen molar-refractivity contribution < 1.29 is 39.2 Å². The smallest absolute Gasteiger partial charge is 0.408 e. The van der Waals surface area contributed by atoms with Crippen LogP contribution in [0.3, 0.4) is 0 Å². The van der Waals surface area contributed by atoms with E-state index in [9.17, 15) is 24.3 Å². The molecule has 0 fully saturated rings. The molecule has 156 valence electrons. The third kappa shape index (κ3) is 14.5. The van der Waals surface area contributed by atoms with Gasteiger partial charge >= 0.3 is 18.0 Å². The van der Waals surface area contributed by atoms with Crippen LogP contribution in [-0.2, 0) is 23.9 Å². The third-order valence-corrected chi connectivity index (χ3v) is 2.52. The first-order valence-corrected chi connectivity index (χ1v) is 8.36. The summed E-state index contributed by atoms with van der Waals surface area (Å²) in [6, 6.07) is -1.78. The van der Waals surface area contributed by atoms with Gasteiger partial charge in [-0.2, -0.15) is 0 Å². The Morgan fingerprint density at radius 2 is 1.56 bits per heavy atom. The summed E-state index contributed by atoms with van der Waals surface area (Å²) in [4.78, 5) is 46.7. The van der Waals surface area contributed by atoms with E-state index in [1.165, 1.54) is 0 Å². The predicted octanol–water partition coefficient (Wildman–Crippen LogP) is 1.98. The van der Waals surface area contributed by atoms with Gasteiger partial charge in [-0.3, -0.25) is 9.59 Å². The van der Waals surface area contributed by atoms with E-state index in [1.807, 2.05) is 5.32 Å². The Morgan fingerprint density at radius 1 is 1.00 bits per heavy atom. The number of nitrogens with one attached hydrogen (secondary N) is 2. The van der Waals surface area contributed by atoms with E-state index >= 15 is 0 Å². The van der Waals surface area contributed by atoms with Crippen molar-refractivity contribution in [2.45, 2.75) is 84.4 Å². The molecule has 1 atom stereocenters. The number of alkyl carbamates (subject to hydrolysis) is 1. The van der Waals surface area contributed by atoms with Crippen molar-refractivity contribution in [2.24, 2.45) is 0 Å². The SMILES string of the molecule is [2H]C([2H])(CNC(=O)CC(=O)OC(C)(C)C)C([2H])([2H])C[C@H](NC(=O)OC(C)(C)C)C(=O)O. The molecule has 27 heavy (non-hydrogen) atoms. The molecule has 0 heterocycles. The molecule has 0 unspecified atom stereocenters. The van der Waals surface area contributed by atoms with Gasteiger partial charge < -0.3 is 25.2 Å². The summed E-state index contributed by atoms with van der Waals surface area (Å²) in [6.45, 7) is 8.67. The van der Waals surface area contributed by atoms with Crippen LogP contribution in [0.1, 0.15) is 72.6 Å². The Labute approximate surface area is 165 Å². The molecule has 0 spiro atoms. The molecular weight excluding hydrogens is 356 g/mol. The zero-order chi connectivity index (χ0) is 24.8. The highest BCUT2D eigenvalue weighted by Crippen LogP contribution is 2.09. The number of rotatable bonds is 9. The van der Waals surface area contributed by atoms with E-state index in [2.05, 4.69) is 5.32 Å². The maximum absolute atomic E-state index is 11.9. The Hall–Kier alpha value is -2.32. The maximum Gasteiger partial charge on any atom is 0.408 e. The van der Waals surface area contributed by atoms with Gasteiger partial charge in [0.05, 0.1) is 0 Å². The molecule has 9 nitrogen and oxygen atoms in total. The fourth-order valence-electron chi connectivity index (χ4n) is 1.60. The lowest BCUT2D eigenvalue weighted by Crippen LogP contribution is -2.43. The minimum Gasteiger partial charge on any atom is -0.480 e. The van der Waals surface area contributed by atoms with Crippen LogP contribution in [0.15, 0.2) is 0 Å². The molecule has 0 saturated heterocycles. The average molecular weight is 392 g/mol. The van der Waals surface area contributed by atoms with Gasteiger partial charge in [0.15, 0.2) is 0 Å². The standard InChI is InChI=1S/C18H32N2O7/c1-17(2,3)26-14(22)11-13(21)19-10-8-7-9-12(15(23)24)20-16(25)27-18(4,5)6/h12H,7-11H2,1-6H3,(H,19,21)(H,20,25)(H,23,24)/t12-/m0/s1/i7D2,8D2. The van der Waals surface area contributed by atoms with E-state index in [1.54, 1.807) is 41.5 Å². The molecule has 2 amide bonds. The van der Waals surface area contributed by atoms with Crippen molar-refractivity contribution in [3.8, 4) is 0 Å². The van der Waals surface area contributed by atoms with E-state index in [0.717, 1.165) is 0 Å². The third-order valence-electron chi connectivity index (χ3n) is 2.52. The van der Waals surface area contributed by atoms with Crippen LogP contribution in [0.2, 0.25) is 0 Å². The van der Waals surface area contributed by atoms with Gasteiger partial charge in [0.2, 0.25) is 5.91 Å². The lowest BCUT2D eigenvalue weighted by molar-refractivity contribution is -0.156. The number of esters is 1. The van der Waals surface area contributed by atoms with Crippen LogP contribution < -0.4 is 10.6 Å². The van der Waals surface area contributed by atoms with Crippen molar-refractivity contribution in [3.63, 3.8) is 0 Å². The van der Waals surface area contributed by atoms with Crippen molar-refractivity contribution in [1.82, 2.24) is 10.6 Å². The summed E-state index contributed by atoms with van der Waals surface area (Å²) in [5, 5.41) is 13.4. The number of carbonyl (C=O) groups is 4. The molecule has 0 rings (SSSR count). The summed E-state index contributed by atoms with van der Waals surface area (Å²) >= 11 is 0. The van der Waals surface area contributed by atoms with E-state index in [0.29, 0.717) is 0 Å². The van der Waals surface area contributed by atoms with Crippen molar-refractivity contribution >= 4 is 23.9 Å². The quantitative estimate of drug-likeness (QED) is 0.404. The van der Waals surface area contributed by atoms with Crippen molar-refractivity contribution in [3.05, 3.63) is 0 Å². The van der Waals surface area contributed by atoms with E-state index < -0.39 is 73.3 Å². The normalized spacial score (nSPS) is 15.9. The second-order valence-corrected chi connectivity index (χ2v) is 7.63. The van der Waals surface area contributed by atoms with Gasteiger partial charge in [0.1, 0.15) is 23.7 Å². The Kier molecular flexibility index (Phi) is 7.18. The number of aliphatic carboxylic acids is 1. The highest BCUT2D eigenvalue weighted by molar-refractivity contribution is 5.94. The topological polar surface area (TPSA) is 131 Å². The monoisotopic (exact) mass is 392 g/mol. The predicted molar refractivity (Wildman–Crippen MR) is 98.1 cm³/mol. The largest absolute Gasteiger partial charge is 0.480 e. The second kappa shape index (κ2) is 10.7. The summed E-state index contributed by atoms with van der Waals surface area (Å²) in [5.74, 6) is -3.30. The number of hydrogen-bond donors (Lipinski definition) is 3. The summed E-state index contributed by atoms with van der Waals surface area (Å²) < 4.78 is 41.7. The van der Waals surface area contributed by atoms with Crippen LogP contribution in [0.25, 0.3) is 0 Å². The van der Waals surface area contributed by atoms with Gasteiger partial charge in [-0.15, -0.1) is 0 Å². The molecule has 0 bridgehead atoms. The fourth-order valence-corrected chi connectivity index (χ4v) is 1.60. The molecule has 0 aliphatic carbocycles. The minimum atomic E-state index is -2.77. The van der Waals surface area contributed by atoms with Crippen molar-refractivity contribution in [1.29, 1.82) is 0 Å². The number of carbonyl (C=O) groups excluding carboxylic acids is 3. The van der Waals surface area contributed by atoms with E-state index in [-0.39, 0.29) is 0 Å². The first kappa shape index (κ1) is 18.1. The lowest BCUT2D eigenvalue weighted by Gasteiger charge is -2.22. The Bertz CT molecular complexity index is 685. The number of amides is 2. The first-order chi connectivity index (χ1) is 13.7. The van der Waals surface area contributed by atoms with Gasteiger partial charge in [0.25, 0.3) is 0 Å². The lowest BCUT2D eigenvalue weighted by atomic mass is 10.1. The van der Waals surface area contributed by atoms with Crippen LogP contribution >= 0.6 is 0 Å². The zero-order valence-corrected chi connectivity index (χ0v) is 16.6. The summed E-state index contributed by atoms with van der Waals surface area (Å²) in [7, 11) is 0. The molecule has 0 aromatic rings. The highest BCUT2D eigenvalue weighted by atomic mass is 16.6. The highest BCUT2D eigenvalue weighted by Gasteiger charge is 2.23. The maximum atomic E-state index is 11.9. The van der Waals surface area contributed by atoms with Crippen molar-refractivity contribution in [2.75, 3.05) is 6.54 Å². The average Bonchev–Trinajstić information content (AvgIpc) is 2.48. The minimum absolute atomic E-state index is 0.686. The Morgan fingerprint density at radius 3 is 2.04 bits per heavy atom. The molecule has 9 heteroatoms. The number of carboxylic acids is 1. The molecule has 0 aromatic carbocycles. The fraction of sp³-hybridized carbons (Fsp3) is 0.778. The van der Waals surface area contributed by atoms with Gasteiger partial charge in [-0.1, -0.05) is 0 Å². The van der Waals surface area contributed by atoms with E-state index in [4.69, 9.17) is 15.0 Å². The molecule has 0 aromatic heterocycles. The van der Waals surface area contributed by atoms with Crippen LogP contribution in [0.4, 0.5) is 4.79 Å². The first-order valence-electron chi connectivity index (χ1n) is 10.4. The Balaban J connectivity index is 5.03. The summed E-state index contributed by atoms with van der Waals surface area (Å²) in [6.07, 6.45) is -8.21. The van der Waals surface area contributed by atoms with Gasteiger partial charge in [-0.05, 0) is 60.7 Å². The molecule has 0 aliphatic rings. The molecular formula is C18H32N2O7. The van der Waals surface area contributed by atoms with Crippen LogP contribution in [0, 0.1) is 0 Å². The van der Waals surface area contributed by atoms with Crippen LogP contribution in [0.5, 0.6) is 0 Å². The summed E-state index contributed by atoms with van der Waals surface area (Å²) in [5.41, 5.74) is -1.73. The zero-order valence-electron chi connectivity index (χ0n) is 20.6. The van der Waals surface area contributed by atoms with Gasteiger partial charge in [0, 0.05) is 12.0 Å². The van der Waals surface area contributed by atoms with Crippen LogP contribution in [-0.4, -0.2) is 52.8 Å². The molecule has 0 aliphatic heterocycles. The number of carboxylic acid groups (broad SMARTS) is 1. The molecule has 0 saturated carbocycles. The van der Waals surface area contributed by atoms with Gasteiger partial charge in [-0.25, -0.2) is 9.59 Å². The number of hydrogen-bond acceptors (Lipinski definition) is 6.